The number of nitrogens with zero attached hydrogens (tertiary/aromatic N) is 2. The van der Waals surface area contributed by atoms with Crippen LogP contribution in [0.25, 0.3) is 0 Å². The number of piperazine rings is 1. The summed E-state index contributed by atoms with van der Waals surface area (Å²) in [4.78, 5) is 28.9. The average molecular weight is 369 g/mol. The Labute approximate surface area is 158 Å². The molecule has 142 valence electrons. The summed E-state index contributed by atoms with van der Waals surface area (Å²) >= 11 is 0. The summed E-state index contributed by atoms with van der Waals surface area (Å²) in [5.41, 5.74) is 1.96. The summed E-state index contributed by atoms with van der Waals surface area (Å²) in [5.74, 6) is -0.511. The molecule has 0 aliphatic carbocycles. The van der Waals surface area contributed by atoms with E-state index < -0.39 is 0 Å². The molecule has 0 spiro atoms. The minimum absolute atomic E-state index is 0.0383. The van der Waals surface area contributed by atoms with E-state index >= 15 is 0 Å². The Morgan fingerprint density at radius 3 is 2.22 bits per heavy atom. The predicted molar refractivity (Wildman–Crippen MR) is 104 cm³/mol. The maximum Gasteiger partial charge on any atom is 0.253 e. The predicted octanol–water partition coefficient (Wildman–Crippen LogP) is 2.93. The van der Waals surface area contributed by atoms with Gasteiger partial charge in [0.1, 0.15) is 5.82 Å². The molecule has 27 heavy (non-hydrogen) atoms. The number of halogens is 1. The number of amides is 2. The number of carbonyl (C=O) groups is 2. The van der Waals surface area contributed by atoms with Gasteiger partial charge in [0, 0.05) is 49.0 Å². The normalized spacial score (nSPS) is 14.4. The van der Waals surface area contributed by atoms with E-state index in [1.807, 2.05) is 13.8 Å². The molecule has 2 aromatic carbocycles. The Morgan fingerprint density at radius 2 is 1.59 bits per heavy atom. The summed E-state index contributed by atoms with van der Waals surface area (Å²) in [6.07, 6.45) is 0. The number of hydrogen-bond acceptors (Lipinski definition) is 3. The third-order valence-corrected chi connectivity index (χ3v) is 4.55. The number of rotatable bonds is 4. The molecule has 1 N–H and O–H groups in total. The summed E-state index contributed by atoms with van der Waals surface area (Å²) in [6.45, 7) is 6.33. The van der Waals surface area contributed by atoms with Crippen LogP contribution >= 0.6 is 0 Å². The lowest BCUT2D eigenvalue weighted by Crippen LogP contribution is -2.48. The minimum atomic E-state index is -0.256. The van der Waals surface area contributed by atoms with Crippen LogP contribution < -0.4 is 10.2 Å². The lowest BCUT2D eigenvalue weighted by molar-refractivity contribution is 0.0747. The zero-order valence-corrected chi connectivity index (χ0v) is 15.6. The Bertz CT molecular complexity index is 812. The van der Waals surface area contributed by atoms with Gasteiger partial charge in [-0.1, -0.05) is 6.07 Å². The molecule has 2 aromatic rings. The van der Waals surface area contributed by atoms with E-state index in [1.54, 1.807) is 41.3 Å². The zero-order valence-electron chi connectivity index (χ0n) is 15.6. The van der Waals surface area contributed by atoms with Crippen LogP contribution in [0.1, 0.15) is 34.6 Å². The van der Waals surface area contributed by atoms with Crippen LogP contribution in [-0.4, -0.2) is 48.9 Å². The number of anilines is 1. The summed E-state index contributed by atoms with van der Waals surface area (Å²) in [6, 6.07) is 13.3. The number of carbonyl (C=O) groups excluding carboxylic acids is 2. The molecule has 0 aromatic heterocycles. The monoisotopic (exact) mass is 369 g/mol. The zero-order chi connectivity index (χ0) is 19.4. The molecular formula is C21H24FN3O2. The quantitative estimate of drug-likeness (QED) is 0.902. The fourth-order valence-corrected chi connectivity index (χ4v) is 3.14. The maximum atomic E-state index is 13.1. The molecule has 0 saturated carbocycles. The van der Waals surface area contributed by atoms with Crippen LogP contribution in [0.4, 0.5) is 10.1 Å². The van der Waals surface area contributed by atoms with Gasteiger partial charge in [0.15, 0.2) is 0 Å². The largest absolute Gasteiger partial charge is 0.368 e. The van der Waals surface area contributed by atoms with Gasteiger partial charge in [-0.15, -0.1) is 0 Å². The van der Waals surface area contributed by atoms with Crippen molar-refractivity contribution in [2.45, 2.75) is 19.9 Å². The van der Waals surface area contributed by atoms with Crippen molar-refractivity contribution in [2.75, 3.05) is 31.1 Å². The molecule has 1 fully saturated rings. The summed E-state index contributed by atoms with van der Waals surface area (Å²) < 4.78 is 13.1. The Balaban J connectivity index is 1.64. The van der Waals surface area contributed by atoms with Crippen molar-refractivity contribution in [3.63, 3.8) is 0 Å². The highest BCUT2D eigenvalue weighted by molar-refractivity contribution is 5.99. The Hall–Kier alpha value is -2.89. The standard InChI is InChI=1S/C21H24FN3O2/c1-15(2)23-20(26)16-4-3-5-17(14-16)21(27)25-12-10-24(11-13-25)19-8-6-18(22)7-9-19/h3-9,14-15H,10-13H2,1-2H3,(H,23,26). The average Bonchev–Trinajstić information content (AvgIpc) is 2.68. The smallest absolute Gasteiger partial charge is 0.253 e. The second-order valence-corrected chi connectivity index (χ2v) is 6.96. The highest BCUT2D eigenvalue weighted by Crippen LogP contribution is 2.18. The lowest BCUT2D eigenvalue weighted by atomic mass is 10.1. The topological polar surface area (TPSA) is 52.7 Å². The molecule has 0 bridgehead atoms. The first kappa shape index (κ1) is 18.9. The summed E-state index contributed by atoms with van der Waals surface area (Å²) in [7, 11) is 0. The first-order valence-electron chi connectivity index (χ1n) is 9.15. The van der Waals surface area contributed by atoms with E-state index in [1.165, 1.54) is 12.1 Å². The number of benzene rings is 2. The molecule has 1 heterocycles. The van der Waals surface area contributed by atoms with Gasteiger partial charge in [0.2, 0.25) is 0 Å². The third kappa shape index (κ3) is 4.64. The van der Waals surface area contributed by atoms with Crippen molar-refractivity contribution in [1.29, 1.82) is 0 Å². The van der Waals surface area contributed by atoms with Crippen LogP contribution in [0.5, 0.6) is 0 Å². The first-order valence-corrected chi connectivity index (χ1v) is 9.15. The number of nitrogens with one attached hydrogen (secondary N) is 1. The Kier molecular flexibility index (Phi) is 5.74. The van der Waals surface area contributed by atoms with Gasteiger partial charge in [-0.2, -0.15) is 0 Å². The van der Waals surface area contributed by atoms with Crippen LogP contribution in [-0.2, 0) is 0 Å². The third-order valence-electron chi connectivity index (χ3n) is 4.55. The molecule has 2 amide bonds. The molecule has 1 saturated heterocycles. The van der Waals surface area contributed by atoms with Gasteiger partial charge < -0.3 is 15.1 Å². The van der Waals surface area contributed by atoms with E-state index in [4.69, 9.17) is 0 Å². The second-order valence-electron chi connectivity index (χ2n) is 6.96. The molecular weight excluding hydrogens is 345 g/mol. The Morgan fingerprint density at radius 1 is 0.963 bits per heavy atom. The van der Waals surface area contributed by atoms with E-state index in [0.29, 0.717) is 37.3 Å². The maximum absolute atomic E-state index is 13.1. The first-order chi connectivity index (χ1) is 12.9. The van der Waals surface area contributed by atoms with Crippen LogP contribution in [0.2, 0.25) is 0 Å². The van der Waals surface area contributed by atoms with Gasteiger partial charge in [0.25, 0.3) is 11.8 Å². The lowest BCUT2D eigenvalue weighted by Gasteiger charge is -2.36. The van der Waals surface area contributed by atoms with E-state index in [-0.39, 0.29) is 23.7 Å². The highest BCUT2D eigenvalue weighted by atomic mass is 19.1. The van der Waals surface area contributed by atoms with E-state index in [0.717, 1.165) is 5.69 Å². The molecule has 6 heteroatoms. The van der Waals surface area contributed by atoms with Crippen molar-refractivity contribution < 1.29 is 14.0 Å². The van der Waals surface area contributed by atoms with E-state index in [9.17, 15) is 14.0 Å². The molecule has 0 atom stereocenters. The number of hydrogen-bond donors (Lipinski definition) is 1. The van der Waals surface area contributed by atoms with Gasteiger partial charge in [-0.25, -0.2) is 4.39 Å². The fourth-order valence-electron chi connectivity index (χ4n) is 3.14. The van der Waals surface area contributed by atoms with Gasteiger partial charge in [-0.3, -0.25) is 9.59 Å². The van der Waals surface area contributed by atoms with Crippen molar-refractivity contribution in [1.82, 2.24) is 10.2 Å². The van der Waals surface area contributed by atoms with Gasteiger partial charge >= 0.3 is 0 Å². The molecule has 3 rings (SSSR count). The molecule has 1 aliphatic heterocycles. The van der Waals surface area contributed by atoms with Crippen LogP contribution in [0.15, 0.2) is 48.5 Å². The van der Waals surface area contributed by atoms with Crippen molar-refractivity contribution in [2.24, 2.45) is 0 Å². The minimum Gasteiger partial charge on any atom is -0.368 e. The van der Waals surface area contributed by atoms with Crippen LogP contribution in [0, 0.1) is 5.82 Å². The molecule has 5 nitrogen and oxygen atoms in total. The molecule has 1 aliphatic rings. The fraction of sp³-hybridized carbons (Fsp3) is 0.333. The highest BCUT2D eigenvalue weighted by Gasteiger charge is 2.23. The molecule has 0 radical (unpaired) electrons. The van der Waals surface area contributed by atoms with Crippen molar-refractivity contribution >= 4 is 17.5 Å². The van der Waals surface area contributed by atoms with E-state index in [2.05, 4.69) is 10.2 Å². The molecule has 0 unspecified atom stereocenters. The van der Waals surface area contributed by atoms with Gasteiger partial charge in [-0.05, 0) is 56.3 Å². The summed E-state index contributed by atoms with van der Waals surface area (Å²) in [5, 5.41) is 2.84. The van der Waals surface area contributed by atoms with Crippen molar-refractivity contribution in [3.05, 3.63) is 65.5 Å². The van der Waals surface area contributed by atoms with Gasteiger partial charge in [0.05, 0.1) is 0 Å². The second kappa shape index (κ2) is 8.20. The van der Waals surface area contributed by atoms with Crippen molar-refractivity contribution in [3.8, 4) is 0 Å². The van der Waals surface area contributed by atoms with Crippen LogP contribution in [0.3, 0.4) is 0 Å². The SMILES string of the molecule is CC(C)NC(=O)c1cccc(C(=O)N2CCN(c3ccc(F)cc3)CC2)c1.